The van der Waals surface area contributed by atoms with E-state index in [4.69, 9.17) is 0 Å². The number of hydrogen-bond donors (Lipinski definition) is 2. The molecule has 3 fully saturated rings. The molecule has 6 heteroatoms. The minimum atomic E-state index is -0.722. The Labute approximate surface area is 134 Å². The summed E-state index contributed by atoms with van der Waals surface area (Å²) in [6.45, 7) is 3.53. The summed E-state index contributed by atoms with van der Waals surface area (Å²) < 4.78 is 0. The van der Waals surface area contributed by atoms with Crippen molar-refractivity contribution in [1.29, 1.82) is 0 Å². The fraction of sp³-hybridized carbons (Fsp3) is 0.588. The van der Waals surface area contributed by atoms with Gasteiger partial charge in [-0.2, -0.15) is 0 Å². The smallest absolute Gasteiger partial charge is 0.325 e. The summed E-state index contributed by atoms with van der Waals surface area (Å²) >= 11 is 0. The number of carbonyl (C=O) groups is 3. The molecule has 6 nitrogen and oxygen atoms in total. The van der Waals surface area contributed by atoms with Crippen LogP contribution in [0.5, 0.6) is 0 Å². The number of H-pyrrole nitrogens is 1. The number of aryl methyl sites for hydroxylation is 2. The summed E-state index contributed by atoms with van der Waals surface area (Å²) in [5, 5.41) is 2.95. The first-order valence-corrected chi connectivity index (χ1v) is 8.27. The minimum Gasteiger partial charge on any atom is -0.362 e. The Balaban J connectivity index is 1.57. The van der Waals surface area contributed by atoms with Crippen molar-refractivity contribution in [3.05, 3.63) is 23.0 Å². The summed E-state index contributed by atoms with van der Waals surface area (Å²) in [6, 6.07) is 1.36. The number of amides is 3. The van der Waals surface area contributed by atoms with Crippen molar-refractivity contribution < 1.29 is 14.4 Å². The summed E-state index contributed by atoms with van der Waals surface area (Å²) in [4.78, 5) is 42.0. The molecule has 23 heavy (non-hydrogen) atoms. The quantitative estimate of drug-likeness (QED) is 0.643. The predicted molar refractivity (Wildman–Crippen MR) is 83.0 cm³/mol. The number of carbonyl (C=O) groups excluding carboxylic acids is 3. The Morgan fingerprint density at radius 1 is 1.22 bits per heavy atom. The number of nitrogens with zero attached hydrogens (tertiary/aromatic N) is 1. The number of rotatable bonds is 5. The molecule has 1 aliphatic heterocycles. The van der Waals surface area contributed by atoms with E-state index >= 15 is 0 Å². The van der Waals surface area contributed by atoms with E-state index < -0.39 is 11.6 Å². The topological polar surface area (TPSA) is 82.3 Å². The molecule has 2 heterocycles. The third kappa shape index (κ3) is 2.11. The summed E-state index contributed by atoms with van der Waals surface area (Å²) in [7, 11) is 0. The molecule has 0 bridgehead atoms. The van der Waals surface area contributed by atoms with Crippen molar-refractivity contribution >= 4 is 17.7 Å². The van der Waals surface area contributed by atoms with Gasteiger partial charge in [-0.25, -0.2) is 4.79 Å². The second kappa shape index (κ2) is 4.69. The van der Waals surface area contributed by atoms with Crippen LogP contribution in [0.4, 0.5) is 4.79 Å². The molecule has 2 N–H and O–H groups in total. The van der Waals surface area contributed by atoms with Gasteiger partial charge in [-0.05, 0) is 57.4 Å². The van der Waals surface area contributed by atoms with Crippen molar-refractivity contribution in [2.24, 2.45) is 11.8 Å². The number of aromatic amines is 1. The van der Waals surface area contributed by atoms with E-state index in [9.17, 15) is 14.4 Å². The standard InChI is InChI=1S/C17H21N3O3/c1-9-7-13(10(2)18-9)14(21)8-20-15(22)17(11-3-4-11,12-5-6-12)19-16(20)23/h7,11-12,18H,3-6,8H2,1-2H3,(H,19,23). The largest absolute Gasteiger partial charge is 0.362 e. The molecule has 1 aromatic rings. The molecule has 3 amide bonds. The Kier molecular flexibility index (Phi) is 2.95. The number of urea groups is 1. The van der Waals surface area contributed by atoms with Crippen molar-refractivity contribution in [2.45, 2.75) is 45.1 Å². The Morgan fingerprint density at radius 2 is 1.83 bits per heavy atom. The first-order valence-electron chi connectivity index (χ1n) is 8.27. The molecular weight excluding hydrogens is 294 g/mol. The lowest BCUT2D eigenvalue weighted by Crippen LogP contribution is -2.51. The molecule has 4 rings (SSSR count). The van der Waals surface area contributed by atoms with Crippen molar-refractivity contribution in [2.75, 3.05) is 6.54 Å². The van der Waals surface area contributed by atoms with Gasteiger partial charge in [-0.3, -0.25) is 14.5 Å². The average molecular weight is 315 g/mol. The molecule has 0 spiro atoms. The van der Waals surface area contributed by atoms with E-state index in [0.717, 1.165) is 42.0 Å². The van der Waals surface area contributed by atoms with Gasteiger partial charge in [0.2, 0.25) is 0 Å². The normalized spacial score (nSPS) is 23.3. The predicted octanol–water partition coefficient (Wildman–Crippen LogP) is 1.92. The molecule has 0 atom stereocenters. The Hall–Kier alpha value is -2.11. The lowest BCUT2D eigenvalue weighted by Gasteiger charge is -2.26. The lowest BCUT2D eigenvalue weighted by molar-refractivity contribution is -0.132. The van der Waals surface area contributed by atoms with E-state index in [1.165, 1.54) is 0 Å². The molecule has 122 valence electrons. The van der Waals surface area contributed by atoms with Gasteiger partial charge in [0, 0.05) is 17.0 Å². The van der Waals surface area contributed by atoms with Gasteiger partial charge in [0.1, 0.15) is 5.54 Å². The zero-order valence-electron chi connectivity index (χ0n) is 13.4. The van der Waals surface area contributed by atoms with Gasteiger partial charge in [0.05, 0.1) is 6.54 Å². The van der Waals surface area contributed by atoms with Gasteiger partial charge in [0.25, 0.3) is 5.91 Å². The van der Waals surface area contributed by atoms with Crippen LogP contribution < -0.4 is 5.32 Å². The number of ketones is 1. The summed E-state index contributed by atoms with van der Waals surface area (Å²) in [5.41, 5.74) is 1.50. The first-order chi connectivity index (χ1) is 10.9. The lowest BCUT2D eigenvalue weighted by atomic mass is 9.87. The second-order valence-electron chi connectivity index (χ2n) is 7.15. The molecule has 1 saturated heterocycles. The third-order valence-corrected chi connectivity index (χ3v) is 5.35. The third-order valence-electron chi connectivity index (χ3n) is 5.35. The van der Waals surface area contributed by atoms with Gasteiger partial charge in [-0.1, -0.05) is 0 Å². The number of imide groups is 1. The molecule has 2 saturated carbocycles. The maximum absolute atomic E-state index is 12.9. The SMILES string of the molecule is Cc1cc(C(=O)CN2C(=O)NC(C3CC3)(C3CC3)C2=O)c(C)[nH]1. The van der Waals surface area contributed by atoms with E-state index in [2.05, 4.69) is 10.3 Å². The van der Waals surface area contributed by atoms with Crippen LogP contribution in [0, 0.1) is 25.7 Å². The summed E-state index contributed by atoms with van der Waals surface area (Å²) in [5.74, 6) is 0.120. The highest BCUT2D eigenvalue weighted by Gasteiger charge is 2.65. The maximum Gasteiger partial charge on any atom is 0.325 e. The zero-order valence-corrected chi connectivity index (χ0v) is 13.4. The Morgan fingerprint density at radius 3 is 2.30 bits per heavy atom. The molecule has 0 aromatic carbocycles. The number of aromatic nitrogens is 1. The van der Waals surface area contributed by atoms with Gasteiger partial charge >= 0.3 is 6.03 Å². The highest BCUT2D eigenvalue weighted by Crippen LogP contribution is 2.54. The van der Waals surface area contributed by atoms with Crippen LogP contribution in [0.2, 0.25) is 0 Å². The highest BCUT2D eigenvalue weighted by molar-refractivity contribution is 6.12. The van der Waals surface area contributed by atoms with E-state index in [1.807, 2.05) is 13.8 Å². The average Bonchev–Trinajstić information content (AvgIpc) is 3.39. The molecule has 2 aliphatic carbocycles. The van der Waals surface area contributed by atoms with Crippen LogP contribution in [0.1, 0.15) is 47.4 Å². The van der Waals surface area contributed by atoms with Crippen LogP contribution in [-0.4, -0.2) is 39.7 Å². The van der Waals surface area contributed by atoms with Gasteiger partial charge in [-0.15, -0.1) is 0 Å². The number of hydrogen-bond acceptors (Lipinski definition) is 3. The van der Waals surface area contributed by atoms with Crippen LogP contribution in [0.25, 0.3) is 0 Å². The van der Waals surface area contributed by atoms with Crippen molar-refractivity contribution in [1.82, 2.24) is 15.2 Å². The first kappa shape index (κ1) is 14.5. The number of Topliss-reactive ketones (excluding diaryl/α,β-unsaturated/α-hetero) is 1. The minimum absolute atomic E-state index is 0.177. The number of nitrogens with one attached hydrogen (secondary N) is 2. The fourth-order valence-electron chi connectivity index (χ4n) is 3.96. The van der Waals surface area contributed by atoms with E-state index in [0.29, 0.717) is 5.56 Å². The van der Waals surface area contributed by atoms with Crippen LogP contribution in [0.15, 0.2) is 6.07 Å². The summed E-state index contributed by atoms with van der Waals surface area (Å²) in [6.07, 6.45) is 3.95. The molecular formula is C17H21N3O3. The van der Waals surface area contributed by atoms with E-state index in [1.54, 1.807) is 6.07 Å². The van der Waals surface area contributed by atoms with Crippen molar-refractivity contribution in [3.63, 3.8) is 0 Å². The van der Waals surface area contributed by atoms with Crippen LogP contribution >= 0.6 is 0 Å². The van der Waals surface area contributed by atoms with E-state index in [-0.39, 0.29) is 30.1 Å². The monoisotopic (exact) mass is 315 g/mol. The molecule has 1 aromatic heterocycles. The van der Waals surface area contributed by atoms with Gasteiger partial charge in [0.15, 0.2) is 5.78 Å². The van der Waals surface area contributed by atoms with Crippen LogP contribution in [-0.2, 0) is 4.79 Å². The maximum atomic E-state index is 12.9. The molecule has 0 radical (unpaired) electrons. The second-order valence-corrected chi connectivity index (χ2v) is 7.15. The van der Waals surface area contributed by atoms with Crippen molar-refractivity contribution in [3.8, 4) is 0 Å². The van der Waals surface area contributed by atoms with Gasteiger partial charge < -0.3 is 10.3 Å². The molecule has 0 unspecified atom stereocenters. The van der Waals surface area contributed by atoms with Crippen LogP contribution in [0.3, 0.4) is 0 Å². The fourth-order valence-corrected chi connectivity index (χ4v) is 3.96. The zero-order chi connectivity index (χ0) is 16.4. The highest BCUT2D eigenvalue weighted by atomic mass is 16.2. The molecule has 3 aliphatic rings. The Bertz CT molecular complexity index is 701.